The lowest BCUT2D eigenvalue weighted by Gasteiger charge is -2.51. The maximum absolute atomic E-state index is 13.0. The number of ketones is 1. The molecule has 4 heteroatoms. The quantitative estimate of drug-likeness (QED) is 0.593. The van der Waals surface area contributed by atoms with Crippen LogP contribution in [0.2, 0.25) is 0 Å². The summed E-state index contributed by atoms with van der Waals surface area (Å²) in [6.07, 6.45) is 4.34. The van der Waals surface area contributed by atoms with Gasteiger partial charge in [0.15, 0.2) is 0 Å². The van der Waals surface area contributed by atoms with Gasteiger partial charge < -0.3 is 9.47 Å². The Kier molecular flexibility index (Phi) is 2.94. The van der Waals surface area contributed by atoms with Gasteiger partial charge in [-0.05, 0) is 40.0 Å². The fourth-order valence-electron chi connectivity index (χ4n) is 4.33. The maximum Gasteiger partial charge on any atom is 0.333 e. The van der Waals surface area contributed by atoms with E-state index in [2.05, 4.69) is 0 Å². The van der Waals surface area contributed by atoms with E-state index in [1.807, 2.05) is 33.8 Å². The summed E-state index contributed by atoms with van der Waals surface area (Å²) in [6.45, 7) is 8.05. The average Bonchev–Trinajstić information content (AvgIpc) is 3.01. The minimum absolute atomic E-state index is 0.0423. The molecule has 1 heterocycles. The fraction of sp³-hybridized carbons (Fsp3) is 0.765. The van der Waals surface area contributed by atoms with E-state index < -0.39 is 10.8 Å². The van der Waals surface area contributed by atoms with Crippen molar-refractivity contribution >= 4 is 11.8 Å². The lowest BCUT2D eigenvalue weighted by Crippen LogP contribution is -2.54. The van der Waals surface area contributed by atoms with Crippen molar-refractivity contribution in [1.82, 2.24) is 0 Å². The van der Waals surface area contributed by atoms with Gasteiger partial charge in [-0.1, -0.05) is 13.0 Å². The van der Waals surface area contributed by atoms with Crippen molar-refractivity contribution in [2.45, 2.75) is 58.7 Å². The first-order valence-corrected chi connectivity index (χ1v) is 7.68. The third kappa shape index (κ3) is 1.99. The Morgan fingerprint density at radius 2 is 2.00 bits per heavy atom. The number of ether oxygens (including phenoxy) is 2. The second-order valence-corrected chi connectivity index (χ2v) is 7.76. The number of carbonyl (C=O) groups excluding carboxylic acids is 2. The molecule has 0 aromatic carbocycles. The first-order valence-electron chi connectivity index (χ1n) is 7.68. The number of esters is 1. The Balaban J connectivity index is 1.97. The van der Waals surface area contributed by atoms with Crippen molar-refractivity contribution in [3.8, 4) is 0 Å². The summed E-state index contributed by atoms with van der Waals surface area (Å²) in [5.41, 5.74) is -0.516. The Morgan fingerprint density at radius 3 is 2.52 bits per heavy atom. The summed E-state index contributed by atoms with van der Waals surface area (Å²) in [4.78, 5) is 25.1. The number of methoxy groups -OCH3 is 1. The van der Waals surface area contributed by atoms with Crippen molar-refractivity contribution in [1.29, 1.82) is 0 Å². The van der Waals surface area contributed by atoms with Gasteiger partial charge in [0.1, 0.15) is 5.78 Å². The van der Waals surface area contributed by atoms with Crippen molar-refractivity contribution < 1.29 is 19.1 Å². The molecule has 1 saturated heterocycles. The molecular weight excluding hydrogens is 268 g/mol. The minimum Gasteiger partial charge on any atom is -0.466 e. The molecule has 1 aliphatic heterocycles. The van der Waals surface area contributed by atoms with Gasteiger partial charge in [0.2, 0.25) is 0 Å². The summed E-state index contributed by atoms with van der Waals surface area (Å²) >= 11 is 0. The van der Waals surface area contributed by atoms with E-state index in [-0.39, 0.29) is 29.4 Å². The summed E-state index contributed by atoms with van der Waals surface area (Å²) in [6, 6.07) is 0. The number of hydrogen-bond acceptors (Lipinski definition) is 4. The predicted octanol–water partition coefficient (Wildman–Crippen LogP) is 2.66. The molecule has 1 saturated carbocycles. The Morgan fingerprint density at radius 1 is 1.38 bits per heavy atom. The molecule has 0 radical (unpaired) electrons. The zero-order chi connectivity index (χ0) is 15.6. The fourth-order valence-corrected chi connectivity index (χ4v) is 4.33. The molecule has 0 N–H and O–H groups in total. The van der Waals surface area contributed by atoms with Gasteiger partial charge in [0, 0.05) is 22.3 Å². The SMILES string of the molecule is COC(=O)C1=C[C@@]2(C)CC[C@@H]1[C@@](C)(CC1OC1(C)C)C2=O. The molecule has 0 spiro atoms. The van der Waals surface area contributed by atoms with Crippen molar-refractivity contribution in [3.05, 3.63) is 11.6 Å². The van der Waals surface area contributed by atoms with Crippen LogP contribution in [0.3, 0.4) is 0 Å². The molecule has 4 nitrogen and oxygen atoms in total. The summed E-state index contributed by atoms with van der Waals surface area (Å²) in [7, 11) is 1.40. The average molecular weight is 292 g/mol. The van der Waals surface area contributed by atoms with Crippen LogP contribution in [-0.4, -0.2) is 30.6 Å². The van der Waals surface area contributed by atoms with Crippen LogP contribution in [0, 0.1) is 16.7 Å². The van der Waals surface area contributed by atoms with Crippen LogP contribution in [-0.2, 0) is 19.1 Å². The number of allylic oxidation sites excluding steroid dienone is 1. The van der Waals surface area contributed by atoms with E-state index >= 15 is 0 Å². The number of fused-ring (bicyclic) bond motifs is 2. The Bertz CT molecular complexity index is 547. The van der Waals surface area contributed by atoms with Gasteiger partial charge in [-0.15, -0.1) is 0 Å². The number of Topliss-reactive ketones (excluding diaryl/α,β-unsaturated/α-hetero) is 1. The summed E-state index contributed by atoms with van der Waals surface area (Å²) in [5.74, 6) is -0.0786. The first-order chi connectivity index (χ1) is 9.64. The molecule has 3 aliphatic carbocycles. The topological polar surface area (TPSA) is 55.9 Å². The van der Waals surface area contributed by atoms with Gasteiger partial charge in [-0.2, -0.15) is 0 Å². The van der Waals surface area contributed by atoms with E-state index in [4.69, 9.17) is 9.47 Å². The zero-order valence-corrected chi connectivity index (χ0v) is 13.5. The maximum atomic E-state index is 13.0. The highest BCUT2D eigenvalue weighted by molar-refractivity contribution is 6.00. The Labute approximate surface area is 125 Å². The molecule has 1 unspecified atom stereocenters. The molecule has 0 amide bonds. The van der Waals surface area contributed by atoms with Crippen LogP contribution in [0.4, 0.5) is 0 Å². The van der Waals surface area contributed by atoms with Crippen LogP contribution in [0.1, 0.15) is 47.0 Å². The van der Waals surface area contributed by atoms with Crippen molar-refractivity contribution in [2.24, 2.45) is 16.7 Å². The highest BCUT2D eigenvalue weighted by atomic mass is 16.6. The monoisotopic (exact) mass is 292 g/mol. The van der Waals surface area contributed by atoms with Crippen molar-refractivity contribution in [3.63, 3.8) is 0 Å². The van der Waals surface area contributed by atoms with E-state index in [1.165, 1.54) is 7.11 Å². The second kappa shape index (κ2) is 4.19. The third-order valence-corrected chi connectivity index (χ3v) is 5.80. The van der Waals surface area contributed by atoms with Crippen LogP contribution in [0.5, 0.6) is 0 Å². The van der Waals surface area contributed by atoms with Gasteiger partial charge in [0.05, 0.1) is 18.8 Å². The zero-order valence-electron chi connectivity index (χ0n) is 13.5. The van der Waals surface area contributed by atoms with E-state index in [0.717, 1.165) is 12.8 Å². The highest BCUT2D eigenvalue weighted by Gasteiger charge is 2.62. The molecule has 4 rings (SSSR count). The molecule has 0 aromatic rings. The van der Waals surface area contributed by atoms with Gasteiger partial charge in [0.25, 0.3) is 0 Å². The number of rotatable bonds is 3. The predicted molar refractivity (Wildman–Crippen MR) is 77.6 cm³/mol. The molecule has 21 heavy (non-hydrogen) atoms. The molecule has 4 atom stereocenters. The van der Waals surface area contributed by atoms with E-state index in [9.17, 15) is 9.59 Å². The van der Waals surface area contributed by atoms with Gasteiger partial charge in [-0.25, -0.2) is 4.79 Å². The molecule has 116 valence electrons. The van der Waals surface area contributed by atoms with Crippen molar-refractivity contribution in [2.75, 3.05) is 7.11 Å². The molecule has 0 aromatic heterocycles. The molecular formula is C17H24O4. The van der Waals surface area contributed by atoms with E-state index in [1.54, 1.807) is 0 Å². The number of carbonyl (C=O) groups is 2. The Hall–Kier alpha value is -1.16. The van der Waals surface area contributed by atoms with Gasteiger partial charge >= 0.3 is 5.97 Å². The summed E-state index contributed by atoms with van der Waals surface area (Å²) in [5, 5.41) is 0. The first kappa shape index (κ1) is 14.8. The van der Waals surface area contributed by atoms with Gasteiger partial charge in [-0.3, -0.25) is 4.79 Å². The van der Waals surface area contributed by atoms with E-state index in [0.29, 0.717) is 12.0 Å². The van der Waals surface area contributed by atoms with Crippen LogP contribution >= 0.6 is 0 Å². The molecule has 2 fully saturated rings. The van der Waals surface area contributed by atoms with Crippen LogP contribution < -0.4 is 0 Å². The number of epoxide rings is 1. The number of hydrogen-bond donors (Lipinski definition) is 0. The highest BCUT2D eigenvalue weighted by Crippen LogP contribution is 2.59. The normalized spacial score (nSPS) is 43.5. The smallest absolute Gasteiger partial charge is 0.333 e. The van der Waals surface area contributed by atoms with Crippen LogP contribution in [0.15, 0.2) is 11.6 Å². The minimum atomic E-state index is -0.536. The van der Waals surface area contributed by atoms with Crippen LogP contribution in [0.25, 0.3) is 0 Å². The largest absolute Gasteiger partial charge is 0.466 e. The second-order valence-electron chi connectivity index (χ2n) is 7.76. The standard InChI is InChI=1S/C17H24O4/c1-15(2)12(21-15)9-17(4)11-6-7-16(3,14(17)19)8-10(11)13(18)20-5/h8,11-12H,6-7,9H2,1-5H3/t11-,12?,16+,17+/m0/s1. The summed E-state index contributed by atoms with van der Waals surface area (Å²) < 4.78 is 10.6. The molecule has 2 bridgehead atoms. The molecule has 4 aliphatic rings. The third-order valence-electron chi connectivity index (χ3n) is 5.80. The lowest BCUT2D eigenvalue weighted by atomic mass is 9.49. The lowest BCUT2D eigenvalue weighted by molar-refractivity contribution is -0.148.